The minimum Gasteiger partial charge on any atom is -0.494 e. The number of aromatic nitrogens is 2. The number of piperidine rings is 1. The molecule has 3 rings (SSSR count). The first kappa shape index (κ1) is 17.6. The van der Waals surface area contributed by atoms with Crippen molar-refractivity contribution in [2.45, 2.75) is 18.9 Å². The summed E-state index contributed by atoms with van der Waals surface area (Å²) < 4.78 is 24.5. The van der Waals surface area contributed by atoms with Crippen LogP contribution < -0.4 is 9.47 Å². The van der Waals surface area contributed by atoms with Gasteiger partial charge in [-0.15, -0.1) is 0 Å². The van der Waals surface area contributed by atoms with E-state index in [1.165, 1.54) is 37.7 Å². The molecule has 0 radical (unpaired) electrons. The highest BCUT2D eigenvalue weighted by molar-refractivity contribution is 5.94. The Labute approximate surface area is 150 Å². The van der Waals surface area contributed by atoms with E-state index < -0.39 is 5.82 Å². The van der Waals surface area contributed by atoms with Crippen LogP contribution >= 0.6 is 0 Å². The Bertz CT molecular complexity index is 853. The van der Waals surface area contributed by atoms with Crippen molar-refractivity contribution in [3.05, 3.63) is 47.7 Å². The summed E-state index contributed by atoms with van der Waals surface area (Å²) >= 11 is 0. The van der Waals surface area contributed by atoms with Crippen molar-refractivity contribution in [3.8, 4) is 17.7 Å². The molecule has 7 nitrogen and oxygen atoms in total. The third kappa shape index (κ3) is 3.72. The summed E-state index contributed by atoms with van der Waals surface area (Å²) in [7, 11) is 1.37. The third-order valence-electron chi connectivity index (χ3n) is 4.11. The van der Waals surface area contributed by atoms with Gasteiger partial charge in [0.25, 0.3) is 11.8 Å². The molecule has 1 unspecified atom stereocenters. The van der Waals surface area contributed by atoms with Gasteiger partial charge in [-0.25, -0.2) is 14.4 Å². The maximum atomic E-state index is 13.9. The number of methoxy groups -OCH3 is 1. The Morgan fingerprint density at radius 3 is 2.92 bits per heavy atom. The summed E-state index contributed by atoms with van der Waals surface area (Å²) in [5, 5.41) is 9.06. The molecule has 0 aliphatic carbocycles. The number of nitrogens with zero attached hydrogens (tertiary/aromatic N) is 4. The number of hydrogen-bond acceptors (Lipinski definition) is 6. The largest absolute Gasteiger partial charge is 0.494 e. The zero-order valence-corrected chi connectivity index (χ0v) is 14.2. The maximum Gasteiger partial charge on any atom is 0.254 e. The first-order chi connectivity index (χ1) is 12.6. The fourth-order valence-electron chi connectivity index (χ4n) is 2.85. The number of ether oxygens (including phenoxy) is 2. The summed E-state index contributed by atoms with van der Waals surface area (Å²) in [4.78, 5) is 22.2. The van der Waals surface area contributed by atoms with E-state index in [2.05, 4.69) is 9.97 Å². The van der Waals surface area contributed by atoms with Crippen LogP contribution in [0.4, 0.5) is 4.39 Å². The lowest BCUT2D eigenvalue weighted by molar-refractivity contribution is 0.0525. The molecule has 1 aromatic carbocycles. The molecule has 2 aromatic rings. The number of likely N-dealkylation sites (tertiary alicyclic amines) is 1. The van der Waals surface area contributed by atoms with Gasteiger partial charge in [0.1, 0.15) is 12.2 Å². The summed E-state index contributed by atoms with van der Waals surface area (Å²) in [6.07, 6.45) is 4.02. The second-order valence-electron chi connectivity index (χ2n) is 5.80. The lowest BCUT2D eigenvalue weighted by Gasteiger charge is -2.32. The zero-order chi connectivity index (χ0) is 18.5. The van der Waals surface area contributed by atoms with E-state index in [-0.39, 0.29) is 34.9 Å². The number of halogens is 1. The molecule has 1 saturated heterocycles. The summed E-state index contributed by atoms with van der Waals surface area (Å²) in [5.74, 6) is -0.612. The second-order valence-corrected chi connectivity index (χ2v) is 5.80. The van der Waals surface area contributed by atoms with Crippen molar-refractivity contribution in [1.82, 2.24) is 14.9 Å². The Morgan fingerprint density at radius 1 is 1.38 bits per heavy atom. The average molecular weight is 356 g/mol. The van der Waals surface area contributed by atoms with Crippen LogP contribution in [0.5, 0.6) is 11.6 Å². The quantitative estimate of drug-likeness (QED) is 0.834. The second kappa shape index (κ2) is 7.78. The van der Waals surface area contributed by atoms with Gasteiger partial charge < -0.3 is 14.4 Å². The van der Waals surface area contributed by atoms with Gasteiger partial charge in [0.2, 0.25) is 5.69 Å². The Balaban J connectivity index is 1.71. The SMILES string of the molecule is COc1ccc(C(=O)N2CCCC(Oc3nccnc3C#N)C2)cc1F. The maximum absolute atomic E-state index is 13.9. The number of rotatable bonds is 4. The molecule has 8 heteroatoms. The fraction of sp³-hybridized carbons (Fsp3) is 0.333. The van der Waals surface area contributed by atoms with E-state index in [9.17, 15) is 9.18 Å². The number of hydrogen-bond donors (Lipinski definition) is 0. The van der Waals surface area contributed by atoms with Gasteiger partial charge in [-0.05, 0) is 31.0 Å². The van der Waals surface area contributed by atoms with E-state index in [4.69, 9.17) is 14.7 Å². The smallest absolute Gasteiger partial charge is 0.254 e. The minimum atomic E-state index is -0.582. The number of nitriles is 1. The molecule has 1 amide bonds. The van der Waals surface area contributed by atoms with Crippen LogP contribution in [0.3, 0.4) is 0 Å². The number of amides is 1. The van der Waals surface area contributed by atoms with Crippen LogP contribution in [0.25, 0.3) is 0 Å². The van der Waals surface area contributed by atoms with Crippen molar-refractivity contribution >= 4 is 5.91 Å². The lowest BCUT2D eigenvalue weighted by atomic mass is 10.1. The van der Waals surface area contributed by atoms with Gasteiger partial charge in [-0.3, -0.25) is 4.79 Å². The highest BCUT2D eigenvalue weighted by atomic mass is 19.1. The normalized spacial score (nSPS) is 16.7. The average Bonchev–Trinajstić information content (AvgIpc) is 2.68. The van der Waals surface area contributed by atoms with Crippen molar-refractivity contribution in [3.63, 3.8) is 0 Å². The standard InChI is InChI=1S/C18H17FN4O3/c1-25-16-5-4-12(9-14(16)19)18(24)23-8-2-3-13(11-23)26-17-15(10-20)21-6-7-22-17/h4-7,9,13H,2-3,8,11H2,1H3. The van der Waals surface area contributed by atoms with Gasteiger partial charge in [0, 0.05) is 24.5 Å². The highest BCUT2D eigenvalue weighted by Crippen LogP contribution is 2.22. The van der Waals surface area contributed by atoms with Crippen molar-refractivity contribution in [1.29, 1.82) is 5.26 Å². The minimum absolute atomic E-state index is 0.0908. The molecular formula is C18H17FN4O3. The topological polar surface area (TPSA) is 88.3 Å². The highest BCUT2D eigenvalue weighted by Gasteiger charge is 2.27. The van der Waals surface area contributed by atoms with Crippen LogP contribution in [-0.2, 0) is 0 Å². The predicted molar refractivity (Wildman–Crippen MR) is 89.3 cm³/mol. The van der Waals surface area contributed by atoms with Crippen LogP contribution in [0.15, 0.2) is 30.6 Å². The zero-order valence-electron chi connectivity index (χ0n) is 14.2. The summed E-state index contributed by atoms with van der Waals surface area (Å²) in [5.41, 5.74) is 0.356. The van der Waals surface area contributed by atoms with Gasteiger partial charge >= 0.3 is 0 Å². The van der Waals surface area contributed by atoms with E-state index in [1.807, 2.05) is 6.07 Å². The van der Waals surface area contributed by atoms with Crippen LogP contribution in [0.1, 0.15) is 28.9 Å². The van der Waals surface area contributed by atoms with Crippen LogP contribution in [-0.4, -0.2) is 47.1 Å². The monoisotopic (exact) mass is 356 g/mol. The van der Waals surface area contributed by atoms with Crippen LogP contribution in [0, 0.1) is 17.1 Å². The van der Waals surface area contributed by atoms with Crippen LogP contribution in [0.2, 0.25) is 0 Å². The molecule has 134 valence electrons. The van der Waals surface area contributed by atoms with E-state index in [0.29, 0.717) is 13.1 Å². The number of benzene rings is 1. The first-order valence-corrected chi connectivity index (χ1v) is 8.13. The Hall–Kier alpha value is -3.21. The van der Waals surface area contributed by atoms with Crippen molar-refractivity contribution in [2.75, 3.05) is 20.2 Å². The van der Waals surface area contributed by atoms with E-state index >= 15 is 0 Å². The first-order valence-electron chi connectivity index (χ1n) is 8.13. The van der Waals surface area contributed by atoms with Gasteiger partial charge in [-0.2, -0.15) is 5.26 Å². The van der Waals surface area contributed by atoms with E-state index in [0.717, 1.165) is 12.8 Å². The molecule has 0 bridgehead atoms. The number of carbonyl (C=O) groups excluding carboxylic acids is 1. The molecule has 0 N–H and O–H groups in total. The molecule has 1 aromatic heterocycles. The summed E-state index contributed by atoms with van der Waals surface area (Å²) in [6.45, 7) is 0.881. The van der Waals surface area contributed by atoms with E-state index in [1.54, 1.807) is 4.90 Å². The molecule has 2 heterocycles. The third-order valence-corrected chi connectivity index (χ3v) is 4.11. The van der Waals surface area contributed by atoms with Gasteiger partial charge in [0.05, 0.1) is 13.7 Å². The lowest BCUT2D eigenvalue weighted by Crippen LogP contribution is -2.44. The molecule has 0 spiro atoms. The molecule has 0 saturated carbocycles. The van der Waals surface area contributed by atoms with Crippen molar-refractivity contribution in [2.24, 2.45) is 0 Å². The molecule has 1 aliphatic rings. The molecular weight excluding hydrogens is 339 g/mol. The van der Waals surface area contributed by atoms with Gasteiger partial charge in [0.15, 0.2) is 11.6 Å². The Morgan fingerprint density at radius 2 is 2.19 bits per heavy atom. The molecule has 26 heavy (non-hydrogen) atoms. The predicted octanol–water partition coefficient (Wildman–Crippen LogP) is 2.18. The number of carbonyl (C=O) groups is 1. The summed E-state index contributed by atoms with van der Waals surface area (Å²) in [6, 6.07) is 6.06. The Kier molecular flexibility index (Phi) is 5.27. The molecule has 1 fully saturated rings. The van der Waals surface area contributed by atoms with Gasteiger partial charge in [-0.1, -0.05) is 0 Å². The molecule has 1 aliphatic heterocycles. The fourth-order valence-corrected chi connectivity index (χ4v) is 2.85. The molecule has 1 atom stereocenters. The van der Waals surface area contributed by atoms with Crippen molar-refractivity contribution < 1.29 is 18.7 Å².